The van der Waals surface area contributed by atoms with Crippen LogP contribution in [0.3, 0.4) is 0 Å². The molecule has 0 aliphatic heterocycles. The molecule has 0 aliphatic rings. The van der Waals surface area contributed by atoms with Crippen LogP contribution in [0, 0.1) is 0 Å². The van der Waals surface area contributed by atoms with Gasteiger partial charge in [-0.1, -0.05) is 0 Å². The van der Waals surface area contributed by atoms with Crippen LogP contribution in [0.25, 0.3) is 10.6 Å². The van der Waals surface area contributed by atoms with E-state index >= 15 is 0 Å². The van der Waals surface area contributed by atoms with Crippen molar-refractivity contribution in [1.82, 2.24) is 14.9 Å². The summed E-state index contributed by atoms with van der Waals surface area (Å²) in [5.41, 5.74) is 1.54. The van der Waals surface area contributed by atoms with E-state index in [1.807, 2.05) is 17.5 Å². The van der Waals surface area contributed by atoms with Crippen LogP contribution in [0.2, 0.25) is 0 Å². The first-order chi connectivity index (χ1) is 10.5. The topological polar surface area (TPSA) is 83.4 Å². The monoisotopic (exact) mass is 319 g/mol. The van der Waals surface area contributed by atoms with Crippen LogP contribution in [0.1, 0.15) is 19.5 Å². The van der Waals surface area contributed by atoms with Crippen LogP contribution in [0.5, 0.6) is 0 Å². The minimum absolute atomic E-state index is 0.0994. The van der Waals surface area contributed by atoms with Crippen molar-refractivity contribution >= 4 is 23.2 Å². The molecule has 0 atom stereocenters. The SMILES string of the molecule is CC(C)N(CC(=O)O)C(=O)Cc1csc(-c2cccnc2)n1. The van der Waals surface area contributed by atoms with Crippen molar-refractivity contribution in [2.24, 2.45) is 0 Å². The highest BCUT2D eigenvalue weighted by Crippen LogP contribution is 2.23. The molecule has 0 spiro atoms. The van der Waals surface area contributed by atoms with E-state index in [4.69, 9.17) is 5.11 Å². The lowest BCUT2D eigenvalue weighted by atomic mass is 10.2. The molecule has 2 heterocycles. The van der Waals surface area contributed by atoms with E-state index in [-0.39, 0.29) is 24.9 Å². The van der Waals surface area contributed by atoms with Crippen molar-refractivity contribution in [2.75, 3.05) is 6.54 Å². The van der Waals surface area contributed by atoms with Gasteiger partial charge in [-0.3, -0.25) is 14.6 Å². The second-order valence-electron chi connectivity index (χ2n) is 5.07. The van der Waals surface area contributed by atoms with E-state index in [1.165, 1.54) is 16.2 Å². The second-order valence-corrected chi connectivity index (χ2v) is 5.93. The molecular formula is C15H17N3O3S. The molecule has 6 nitrogen and oxygen atoms in total. The summed E-state index contributed by atoms with van der Waals surface area (Å²) in [5, 5.41) is 11.5. The average molecular weight is 319 g/mol. The number of carbonyl (C=O) groups is 2. The van der Waals surface area contributed by atoms with E-state index in [2.05, 4.69) is 9.97 Å². The maximum Gasteiger partial charge on any atom is 0.323 e. The minimum atomic E-state index is -1.02. The quantitative estimate of drug-likeness (QED) is 0.881. The van der Waals surface area contributed by atoms with Crippen LogP contribution in [-0.2, 0) is 16.0 Å². The summed E-state index contributed by atoms with van der Waals surface area (Å²) < 4.78 is 0. The van der Waals surface area contributed by atoms with Gasteiger partial charge in [0.2, 0.25) is 5.91 Å². The molecule has 1 N–H and O–H groups in total. The van der Waals surface area contributed by atoms with Gasteiger partial charge in [0, 0.05) is 29.4 Å². The lowest BCUT2D eigenvalue weighted by Crippen LogP contribution is -2.41. The second kappa shape index (κ2) is 7.13. The van der Waals surface area contributed by atoms with Crippen molar-refractivity contribution < 1.29 is 14.7 Å². The Hall–Kier alpha value is -2.28. The first-order valence-electron chi connectivity index (χ1n) is 6.83. The molecule has 116 valence electrons. The minimum Gasteiger partial charge on any atom is -0.480 e. The third-order valence-electron chi connectivity index (χ3n) is 3.04. The smallest absolute Gasteiger partial charge is 0.323 e. The predicted molar refractivity (Wildman–Crippen MR) is 83.5 cm³/mol. The van der Waals surface area contributed by atoms with Crippen molar-refractivity contribution in [3.8, 4) is 10.6 Å². The van der Waals surface area contributed by atoms with Gasteiger partial charge in [-0.05, 0) is 26.0 Å². The van der Waals surface area contributed by atoms with Gasteiger partial charge >= 0.3 is 5.97 Å². The standard InChI is InChI=1S/C15H17N3O3S/c1-10(2)18(8-14(20)21)13(19)6-12-9-22-15(17-12)11-4-3-5-16-7-11/h3-5,7,9-10H,6,8H2,1-2H3,(H,20,21). The number of hydrogen-bond donors (Lipinski definition) is 1. The lowest BCUT2D eigenvalue weighted by Gasteiger charge is -2.24. The number of carboxylic acid groups (broad SMARTS) is 1. The van der Waals surface area contributed by atoms with E-state index in [9.17, 15) is 9.59 Å². The Balaban J connectivity index is 2.09. The van der Waals surface area contributed by atoms with Crippen molar-refractivity contribution in [2.45, 2.75) is 26.3 Å². The van der Waals surface area contributed by atoms with Gasteiger partial charge in [-0.15, -0.1) is 11.3 Å². The molecule has 1 amide bonds. The van der Waals surface area contributed by atoms with Gasteiger partial charge in [0.05, 0.1) is 12.1 Å². The molecule has 2 aromatic rings. The number of nitrogens with zero attached hydrogens (tertiary/aromatic N) is 3. The van der Waals surface area contributed by atoms with E-state index in [0.717, 1.165) is 10.6 Å². The molecule has 2 aromatic heterocycles. The maximum absolute atomic E-state index is 12.3. The zero-order valence-electron chi connectivity index (χ0n) is 12.4. The fraction of sp³-hybridized carbons (Fsp3) is 0.333. The number of thiazole rings is 1. The third kappa shape index (κ3) is 4.11. The average Bonchev–Trinajstić information content (AvgIpc) is 2.93. The fourth-order valence-corrected chi connectivity index (χ4v) is 2.78. The maximum atomic E-state index is 12.3. The fourth-order valence-electron chi connectivity index (χ4n) is 1.97. The molecule has 0 radical (unpaired) electrons. The molecule has 0 fully saturated rings. The summed E-state index contributed by atoms with van der Waals surface area (Å²) in [4.78, 5) is 32.9. The van der Waals surface area contributed by atoms with Gasteiger partial charge in [0.1, 0.15) is 11.6 Å². The first-order valence-corrected chi connectivity index (χ1v) is 7.71. The molecule has 0 bridgehead atoms. The van der Waals surface area contributed by atoms with Crippen LogP contribution in [0.15, 0.2) is 29.9 Å². The lowest BCUT2D eigenvalue weighted by molar-refractivity contribution is -0.145. The van der Waals surface area contributed by atoms with Gasteiger partial charge < -0.3 is 10.0 Å². The molecule has 0 aromatic carbocycles. The molecule has 2 rings (SSSR count). The number of pyridine rings is 1. The summed E-state index contributed by atoms with van der Waals surface area (Å²) in [6, 6.07) is 3.57. The number of carboxylic acids is 1. The first kappa shape index (κ1) is 16.1. The summed E-state index contributed by atoms with van der Waals surface area (Å²) in [5.74, 6) is -1.25. The Kier molecular flexibility index (Phi) is 5.21. The summed E-state index contributed by atoms with van der Waals surface area (Å²) >= 11 is 1.44. The van der Waals surface area contributed by atoms with Gasteiger partial charge in [0.25, 0.3) is 0 Å². The Morgan fingerprint density at radius 3 is 2.77 bits per heavy atom. The van der Waals surface area contributed by atoms with E-state index in [0.29, 0.717) is 5.69 Å². The number of hydrogen-bond acceptors (Lipinski definition) is 5. The summed E-state index contributed by atoms with van der Waals surface area (Å²) in [7, 11) is 0. The van der Waals surface area contributed by atoms with Gasteiger partial charge in [0.15, 0.2) is 0 Å². The van der Waals surface area contributed by atoms with Crippen LogP contribution in [0.4, 0.5) is 0 Å². The highest BCUT2D eigenvalue weighted by atomic mass is 32.1. The summed E-state index contributed by atoms with van der Waals surface area (Å²) in [6.07, 6.45) is 3.51. The number of aromatic nitrogens is 2. The molecule has 7 heteroatoms. The van der Waals surface area contributed by atoms with Crippen LogP contribution in [-0.4, -0.2) is 44.4 Å². The molecule has 0 aliphatic carbocycles. The van der Waals surface area contributed by atoms with Gasteiger partial charge in [-0.2, -0.15) is 0 Å². The van der Waals surface area contributed by atoms with E-state index in [1.54, 1.807) is 26.2 Å². The zero-order chi connectivity index (χ0) is 16.1. The molecule has 0 unspecified atom stereocenters. The summed E-state index contributed by atoms with van der Waals surface area (Å²) in [6.45, 7) is 3.29. The molecule has 22 heavy (non-hydrogen) atoms. The number of rotatable bonds is 6. The highest BCUT2D eigenvalue weighted by molar-refractivity contribution is 7.13. The van der Waals surface area contributed by atoms with Crippen molar-refractivity contribution in [1.29, 1.82) is 0 Å². The Morgan fingerprint density at radius 2 is 2.18 bits per heavy atom. The predicted octanol–water partition coefficient (Wildman–Crippen LogP) is 2.07. The van der Waals surface area contributed by atoms with E-state index < -0.39 is 5.97 Å². The zero-order valence-corrected chi connectivity index (χ0v) is 13.2. The molecule has 0 saturated carbocycles. The highest BCUT2D eigenvalue weighted by Gasteiger charge is 2.21. The van der Waals surface area contributed by atoms with Crippen molar-refractivity contribution in [3.05, 3.63) is 35.6 Å². The Morgan fingerprint density at radius 1 is 1.41 bits per heavy atom. The molecular weight excluding hydrogens is 302 g/mol. The number of carbonyl (C=O) groups excluding carboxylic acids is 1. The molecule has 0 saturated heterocycles. The normalized spacial score (nSPS) is 10.7. The largest absolute Gasteiger partial charge is 0.480 e. The Labute approximate surface area is 132 Å². The third-order valence-corrected chi connectivity index (χ3v) is 3.98. The number of amides is 1. The van der Waals surface area contributed by atoms with Crippen molar-refractivity contribution in [3.63, 3.8) is 0 Å². The Bertz CT molecular complexity index is 655. The van der Waals surface area contributed by atoms with Gasteiger partial charge in [-0.25, -0.2) is 4.98 Å². The van der Waals surface area contributed by atoms with Crippen LogP contribution >= 0.6 is 11.3 Å². The van der Waals surface area contributed by atoms with Crippen LogP contribution < -0.4 is 0 Å². The number of aliphatic carboxylic acids is 1.